The fourth-order valence-electron chi connectivity index (χ4n) is 1.81. The number of halogens is 5. The predicted octanol–water partition coefficient (Wildman–Crippen LogP) is 3.93. The summed E-state index contributed by atoms with van der Waals surface area (Å²) in [7, 11) is 1.49. The average Bonchev–Trinajstić information content (AvgIpc) is 2.56. The summed E-state index contributed by atoms with van der Waals surface area (Å²) in [6, 6.07) is 6.44. The molecule has 1 aromatic rings. The summed E-state index contributed by atoms with van der Waals surface area (Å²) in [6.45, 7) is -0.579. The standard InChI is InChI=1S/C16H18F5NO4/c1-25-12-5-3-11(4-6-12)22-13(23)7-8-14(24)26-10-2-9-15(17,18)16(19,20)21/h3-6H,2,7-10H2,1H3,(H,22,23). The molecule has 0 saturated carbocycles. The summed E-state index contributed by atoms with van der Waals surface area (Å²) < 4.78 is 70.6. The third kappa shape index (κ3) is 7.24. The van der Waals surface area contributed by atoms with Gasteiger partial charge in [0.25, 0.3) is 0 Å². The average molecular weight is 383 g/mol. The molecule has 10 heteroatoms. The maximum Gasteiger partial charge on any atom is 0.453 e. The first-order chi connectivity index (χ1) is 12.0. The number of alkyl halides is 5. The molecule has 0 fully saturated rings. The second kappa shape index (κ2) is 9.35. The van der Waals surface area contributed by atoms with Gasteiger partial charge in [0.1, 0.15) is 5.75 Å². The smallest absolute Gasteiger partial charge is 0.453 e. The Morgan fingerprint density at radius 2 is 1.65 bits per heavy atom. The number of nitrogens with one attached hydrogen (secondary N) is 1. The lowest BCUT2D eigenvalue weighted by molar-refractivity contribution is -0.285. The monoisotopic (exact) mass is 383 g/mol. The molecule has 0 heterocycles. The number of methoxy groups -OCH3 is 1. The lowest BCUT2D eigenvalue weighted by Crippen LogP contribution is -2.36. The number of rotatable bonds is 9. The predicted molar refractivity (Wildman–Crippen MR) is 82.1 cm³/mol. The molecule has 0 aromatic heterocycles. The number of anilines is 1. The summed E-state index contributed by atoms with van der Waals surface area (Å²) in [4.78, 5) is 23.0. The van der Waals surface area contributed by atoms with Crippen LogP contribution < -0.4 is 10.1 Å². The van der Waals surface area contributed by atoms with Crippen LogP contribution in [0.1, 0.15) is 25.7 Å². The van der Waals surface area contributed by atoms with Gasteiger partial charge < -0.3 is 14.8 Å². The van der Waals surface area contributed by atoms with Crippen molar-refractivity contribution < 1.29 is 41.0 Å². The molecule has 26 heavy (non-hydrogen) atoms. The topological polar surface area (TPSA) is 64.6 Å². The summed E-state index contributed by atoms with van der Waals surface area (Å²) >= 11 is 0. The second-order valence-electron chi connectivity index (χ2n) is 5.30. The third-order valence-corrected chi connectivity index (χ3v) is 3.24. The van der Waals surface area contributed by atoms with Crippen molar-refractivity contribution in [3.05, 3.63) is 24.3 Å². The van der Waals surface area contributed by atoms with Gasteiger partial charge in [0, 0.05) is 18.5 Å². The minimum absolute atomic E-state index is 0.219. The first-order valence-electron chi connectivity index (χ1n) is 7.59. The minimum atomic E-state index is -5.63. The van der Waals surface area contributed by atoms with E-state index < -0.39 is 43.4 Å². The molecule has 0 saturated heterocycles. The molecule has 0 aliphatic rings. The highest BCUT2D eigenvalue weighted by Crippen LogP contribution is 2.38. The Labute approximate surface area is 146 Å². The molecule has 0 bridgehead atoms. The van der Waals surface area contributed by atoms with Crippen molar-refractivity contribution in [1.82, 2.24) is 0 Å². The molecule has 0 radical (unpaired) electrons. The molecular weight excluding hydrogens is 365 g/mol. The van der Waals surface area contributed by atoms with E-state index in [1.165, 1.54) is 7.11 Å². The highest BCUT2D eigenvalue weighted by atomic mass is 19.4. The zero-order chi connectivity index (χ0) is 19.8. The molecule has 1 rings (SSSR count). The second-order valence-corrected chi connectivity index (χ2v) is 5.30. The molecule has 5 nitrogen and oxygen atoms in total. The number of hydrogen-bond donors (Lipinski definition) is 1. The van der Waals surface area contributed by atoms with Crippen molar-refractivity contribution in [2.45, 2.75) is 37.8 Å². The van der Waals surface area contributed by atoms with E-state index >= 15 is 0 Å². The van der Waals surface area contributed by atoms with Crippen LogP contribution in [0.3, 0.4) is 0 Å². The number of hydrogen-bond acceptors (Lipinski definition) is 4. The molecule has 0 unspecified atom stereocenters. The number of benzene rings is 1. The van der Waals surface area contributed by atoms with E-state index in [0.29, 0.717) is 11.4 Å². The van der Waals surface area contributed by atoms with Gasteiger partial charge in [-0.1, -0.05) is 0 Å². The number of ether oxygens (including phenoxy) is 2. The van der Waals surface area contributed by atoms with Crippen molar-refractivity contribution in [2.24, 2.45) is 0 Å². The van der Waals surface area contributed by atoms with E-state index in [1.54, 1.807) is 24.3 Å². The molecule has 1 N–H and O–H groups in total. The van der Waals surface area contributed by atoms with Crippen molar-refractivity contribution in [3.63, 3.8) is 0 Å². The number of carbonyl (C=O) groups excluding carboxylic acids is 2. The highest BCUT2D eigenvalue weighted by Gasteiger charge is 2.56. The first-order valence-corrected chi connectivity index (χ1v) is 7.59. The number of esters is 1. The van der Waals surface area contributed by atoms with Gasteiger partial charge in [-0.25, -0.2) is 0 Å². The lowest BCUT2D eigenvalue weighted by Gasteiger charge is -2.19. The van der Waals surface area contributed by atoms with E-state index in [4.69, 9.17) is 4.74 Å². The Morgan fingerprint density at radius 3 is 2.19 bits per heavy atom. The van der Waals surface area contributed by atoms with Crippen LogP contribution >= 0.6 is 0 Å². The maximum absolute atomic E-state index is 12.6. The maximum atomic E-state index is 12.6. The molecular formula is C16H18F5NO4. The fourth-order valence-corrected chi connectivity index (χ4v) is 1.81. The SMILES string of the molecule is COc1ccc(NC(=O)CCC(=O)OCCCC(F)(F)C(F)(F)F)cc1. The zero-order valence-electron chi connectivity index (χ0n) is 13.9. The molecule has 0 aliphatic heterocycles. The van der Waals surface area contributed by atoms with Crippen LogP contribution in [-0.4, -0.2) is 37.7 Å². The summed E-state index contributed by atoms with van der Waals surface area (Å²) in [5.74, 6) is -5.55. The van der Waals surface area contributed by atoms with Crippen LogP contribution in [-0.2, 0) is 14.3 Å². The largest absolute Gasteiger partial charge is 0.497 e. The molecule has 0 aliphatic carbocycles. The fraction of sp³-hybridized carbons (Fsp3) is 0.500. The van der Waals surface area contributed by atoms with Gasteiger partial charge in [-0.2, -0.15) is 22.0 Å². The van der Waals surface area contributed by atoms with Gasteiger partial charge in [-0.15, -0.1) is 0 Å². The number of amides is 1. The molecule has 146 valence electrons. The van der Waals surface area contributed by atoms with Crippen molar-refractivity contribution in [3.8, 4) is 5.75 Å². The zero-order valence-corrected chi connectivity index (χ0v) is 13.9. The van der Waals surface area contributed by atoms with Gasteiger partial charge in [-0.05, 0) is 30.7 Å². The van der Waals surface area contributed by atoms with Crippen molar-refractivity contribution in [1.29, 1.82) is 0 Å². The highest BCUT2D eigenvalue weighted by molar-refractivity contribution is 5.92. The van der Waals surface area contributed by atoms with Gasteiger partial charge in [0.05, 0.1) is 20.1 Å². The third-order valence-electron chi connectivity index (χ3n) is 3.24. The Balaban J connectivity index is 2.24. The van der Waals surface area contributed by atoms with Gasteiger partial charge >= 0.3 is 18.1 Å². The van der Waals surface area contributed by atoms with Crippen molar-refractivity contribution >= 4 is 17.6 Å². The van der Waals surface area contributed by atoms with Crippen molar-refractivity contribution in [2.75, 3.05) is 19.0 Å². The molecule has 1 amide bonds. The molecule has 0 spiro atoms. The van der Waals surface area contributed by atoms with Crippen LogP contribution in [0.15, 0.2) is 24.3 Å². The lowest BCUT2D eigenvalue weighted by atomic mass is 10.2. The first kappa shape index (κ1) is 21.7. The van der Waals surface area contributed by atoms with E-state index in [1.807, 2.05) is 0 Å². The number of carbonyl (C=O) groups is 2. The Bertz CT molecular complexity index is 602. The summed E-state index contributed by atoms with van der Waals surface area (Å²) in [5.41, 5.74) is 0.485. The van der Waals surface area contributed by atoms with Crippen LogP contribution in [0.2, 0.25) is 0 Å². The van der Waals surface area contributed by atoms with Crippen LogP contribution in [0, 0.1) is 0 Å². The Morgan fingerprint density at radius 1 is 1.04 bits per heavy atom. The van der Waals surface area contributed by atoms with Gasteiger partial charge in [0.15, 0.2) is 0 Å². The normalized spacial score (nSPS) is 11.8. The Hall–Kier alpha value is -2.39. The van der Waals surface area contributed by atoms with Crippen LogP contribution in [0.4, 0.5) is 27.6 Å². The Kier molecular flexibility index (Phi) is 7.78. The van der Waals surface area contributed by atoms with E-state index in [9.17, 15) is 31.5 Å². The van der Waals surface area contributed by atoms with E-state index in [2.05, 4.69) is 10.1 Å². The van der Waals surface area contributed by atoms with Crippen LogP contribution in [0.25, 0.3) is 0 Å². The minimum Gasteiger partial charge on any atom is -0.497 e. The van der Waals surface area contributed by atoms with Gasteiger partial charge in [-0.3, -0.25) is 9.59 Å². The summed E-state index contributed by atoms with van der Waals surface area (Å²) in [5, 5.41) is 2.53. The van der Waals surface area contributed by atoms with E-state index in [0.717, 1.165) is 0 Å². The summed E-state index contributed by atoms with van der Waals surface area (Å²) in [6.07, 6.45) is -8.28. The van der Waals surface area contributed by atoms with Crippen LogP contribution in [0.5, 0.6) is 5.75 Å². The quantitative estimate of drug-likeness (QED) is 0.399. The van der Waals surface area contributed by atoms with E-state index in [-0.39, 0.29) is 12.8 Å². The van der Waals surface area contributed by atoms with Gasteiger partial charge in [0.2, 0.25) is 5.91 Å². The molecule has 1 aromatic carbocycles. The molecule has 0 atom stereocenters.